The Labute approximate surface area is 142 Å². The van der Waals surface area contributed by atoms with E-state index in [2.05, 4.69) is 15.5 Å². The molecule has 10 nitrogen and oxygen atoms in total. The van der Waals surface area contributed by atoms with Crippen LogP contribution in [-0.2, 0) is 4.74 Å². The fraction of sp³-hybridized carbons (Fsp3) is 0.267. The number of aromatic nitrogens is 2. The predicted octanol–water partition coefficient (Wildman–Crippen LogP) is 2.15. The third-order valence-electron chi connectivity index (χ3n) is 3.04. The number of amides is 1. The highest BCUT2D eigenvalue weighted by atomic mass is 16.6. The number of benzene rings is 1. The largest absolute Gasteiger partial charge is 0.494 e. The molecule has 132 valence electrons. The van der Waals surface area contributed by atoms with Crippen LogP contribution in [0.25, 0.3) is 0 Å². The van der Waals surface area contributed by atoms with Crippen LogP contribution in [0.2, 0.25) is 0 Å². The van der Waals surface area contributed by atoms with E-state index >= 15 is 0 Å². The maximum absolute atomic E-state index is 12.4. The Morgan fingerprint density at radius 1 is 1.28 bits per heavy atom. The van der Waals surface area contributed by atoms with Gasteiger partial charge in [0.1, 0.15) is 17.0 Å². The summed E-state index contributed by atoms with van der Waals surface area (Å²) in [6, 6.07) is 5.14. The van der Waals surface area contributed by atoms with Crippen molar-refractivity contribution < 1.29 is 24.0 Å². The highest BCUT2D eigenvalue weighted by Crippen LogP contribution is 2.25. The number of rotatable bonds is 7. The number of ether oxygens (including phenoxy) is 2. The Morgan fingerprint density at radius 2 is 2.04 bits per heavy atom. The van der Waals surface area contributed by atoms with Crippen molar-refractivity contribution in [3.63, 3.8) is 0 Å². The van der Waals surface area contributed by atoms with E-state index in [0.29, 0.717) is 12.4 Å². The third-order valence-corrected chi connectivity index (χ3v) is 3.04. The van der Waals surface area contributed by atoms with Crippen LogP contribution >= 0.6 is 0 Å². The van der Waals surface area contributed by atoms with Crippen molar-refractivity contribution in [2.24, 2.45) is 0 Å². The lowest BCUT2D eigenvalue weighted by Crippen LogP contribution is -2.14. The lowest BCUT2D eigenvalue weighted by Gasteiger charge is -2.07. The van der Waals surface area contributed by atoms with Crippen molar-refractivity contribution >= 4 is 23.4 Å². The summed E-state index contributed by atoms with van der Waals surface area (Å²) in [5, 5.41) is 19.7. The minimum absolute atomic E-state index is 0.0316. The number of esters is 1. The first kappa shape index (κ1) is 17.9. The number of carbonyl (C=O) groups is 2. The summed E-state index contributed by atoms with van der Waals surface area (Å²) in [6.45, 7) is 3.94. The molecule has 0 radical (unpaired) electrons. The van der Waals surface area contributed by atoms with Crippen molar-refractivity contribution in [3.8, 4) is 5.75 Å². The van der Waals surface area contributed by atoms with Gasteiger partial charge in [-0.3, -0.25) is 20.0 Å². The Balaban J connectivity index is 2.24. The van der Waals surface area contributed by atoms with E-state index in [-0.39, 0.29) is 29.4 Å². The minimum atomic E-state index is -0.754. The molecule has 0 bridgehead atoms. The van der Waals surface area contributed by atoms with E-state index in [9.17, 15) is 19.7 Å². The van der Waals surface area contributed by atoms with Crippen LogP contribution in [-0.4, -0.2) is 40.2 Å². The number of aromatic amines is 1. The molecule has 2 rings (SSSR count). The molecule has 0 saturated carbocycles. The number of hydrogen-bond acceptors (Lipinski definition) is 7. The minimum Gasteiger partial charge on any atom is -0.494 e. The molecule has 2 aromatic rings. The summed E-state index contributed by atoms with van der Waals surface area (Å²) in [6.07, 6.45) is 0. The highest BCUT2D eigenvalue weighted by Gasteiger charge is 2.22. The molecule has 0 aliphatic heterocycles. The van der Waals surface area contributed by atoms with Gasteiger partial charge in [-0.05, 0) is 26.0 Å². The van der Waals surface area contributed by atoms with Crippen LogP contribution in [0.4, 0.5) is 11.5 Å². The molecule has 0 saturated heterocycles. The number of hydrogen-bond donors (Lipinski definition) is 2. The van der Waals surface area contributed by atoms with E-state index < -0.39 is 16.8 Å². The van der Waals surface area contributed by atoms with Gasteiger partial charge in [0.15, 0.2) is 5.82 Å². The molecule has 0 aliphatic rings. The maximum Gasteiger partial charge on any atom is 0.356 e. The second kappa shape index (κ2) is 7.90. The molecule has 10 heteroatoms. The highest BCUT2D eigenvalue weighted by molar-refractivity contribution is 6.07. The number of carbonyl (C=O) groups excluding carboxylic acids is 2. The Morgan fingerprint density at radius 3 is 2.68 bits per heavy atom. The molecular formula is C15H16N4O6. The van der Waals surface area contributed by atoms with Gasteiger partial charge in [-0.2, -0.15) is 5.10 Å². The second-order valence-electron chi connectivity index (χ2n) is 4.71. The first-order valence-electron chi connectivity index (χ1n) is 7.41. The molecule has 0 aliphatic carbocycles. The van der Waals surface area contributed by atoms with Crippen LogP contribution in [0.3, 0.4) is 0 Å². The van der Waals surface area contributed by atoms with Crippen molar-refractivity contribution in [1.29, 1.82) is 0 Å². The number of anilines is 1. The average molecular weight is 348 g/mol. The van der Waals surface area contributed by atoms with Crippen LogP contribution < -0.4 is 10.1 Å². The van der Waals surface area contributed by atoms with E-state index in [1.165, 1.54) is 24.3 Å². The van der Waals surface area contributed by atoms with E-state index in [4.69, 9.17) is 9.47 Å². The van der Waals surface area contributed by atoms with Gasteiger partial charge in [-0.25, -0.2) is 4.79 Å². The topological polar surface area (TPSA) is 136 Å². The Hall–Kier alpha value is -3.43. The van der Waals surface area contributed by atoms with Crippen molar-refractivity contribution in [1.82, 2.24) is 10.2 Å². The molecule has 0 unspecified atom stereocenters. The normalized spacial score (nSPS) is 10.2. The van der Waals surface area contributed by atoms with Gasteiger partial charge in [-0.1, -0.05) is 0 Å². The summed E-state index contributed by atoms with van der Waals surface area (Å²) in [7, 11) is 0. The lowest BCUT2D eigenvalue weighted by atomic mass is 10.1. The van der Waals surface area contributed by atoms with Crippen LogP contribution in [0.15, 0.2) is 24.3 Å². The Kier molecular flexibility index (Phi) is 5.66. The lowest BCUT2D eigenvalue weighted by molar-refractivity contribution is -0.385. The number of nitro benzene ring substituents is 1. The molecular weight excluding hydrogens is 332 g/mol. The molecule has 1 aromatic carbocycles. The van der Waals surface area contributed by atoms with Crippen LogP contribution in [0.5, 0.6) is 5.75 Å². The predicted molar refractivity (Wildman–Crippen MR) is 86.8 cm³/mol. The summed E-state index contributed by atoms with van der Waals surface area (Å²) >= 11 is 0. The van der Waals surface area contributed by atoms with Gasteiger partial charge in [0, 0.05) is 12.1 Å². The monoisotopic (exact) mass is 348 g/mol. The second-order valence-corrected chi connectivity index (χ2v) is 4.71. The van der Waals surface area contributed by atoms with Gasteiger partial charge in [0.25, 0.3) is 11.6 Å². The van der Waals surface area contributed by atoms with E-state index in [1.807, 2.05) is 0 Å². The molecule has 2 N–H and O–H groups in total. The van der Waals surface area contributed by atoms with Crippen LogP contribution in [0.1, 0.15) is 34.7 Å². The molecule has 0 atom stereocenters. The first-order valence-corrected chi connectivity index (χ1v) is 7.41. The fourth-order valence-electron chi connectivity index (χ4n) is 2.00. The zero-order valence-electron chi connectivity index (χ0n) is 13.6. The summed E-state index contributed by atoms with van der Waals surface area (Å²) < 4.78 is 10.1. The quantitative estimate of drug-likeness (QED) is 0.444. The first-order chi connectivity index (χ1) is 12.0. The standard InChI is InChI=1S/C15H16N4O6/c1-3-24-9-5-6-12(19(22)23)10(7-9)14(20)16-13-8-11(17-18-13)15(21)25-4-2/h5-8H,3-4H2,1-2H3,(H2,16,17,18,20). The van der Waals surface area contributed by atoms with Crippen LogP contribution in [0, 0.1) is 10.1 Å². The van der Waals surface area contributed by atoms with Gasteiger partial charge >= 0.3 is 5.97 Å². The summed E-state index contributed by atoms with van der Waals surface area (Å²) in [5.74, 6) is -1.02. The average Bonchev–Trinajstić information content (AvgIpc) is 3.03. The van der Waals surface area contributed by atoms with Gasteiger partial charge < -0.3 is 14.8 Å². The molecule has 25 heavy (non-hydrogen) atoms. The van der Waals surface area contributed by atoms with Gasteiger partial charge in [-0.15, -0.1) is 0 Å². The fourth-order valence-corrected chi connectivity index (χ4v) is 2.00. The van der Waals surface area contributed by atoms with Crippen molar-refractivity contribution in [2.75, 3.05) is 18.5 Å². The number of H-pyrrole nitrogens is 1. The van der Waals surface area contributed by atoms with Crippen molar-refractivity contribution in [2.45, 2.75) is 13.8 Å². The molecule has 1 amide bonds. The van der Waals surface area contributed by atoms with Gasteiger partial charge in [0.2, 0.25) is 0 Å². The van der Waals surface area contributed by atoms with E-state index in [0.717, 1.165) is 0 Å². The summed E-state index contributed by atoms with van der Waals surface area (Å²) in [5.41, 5.74) is -0.506. The number of nitrogens with zero attached hydrogens (tertiary/aromatic N) is 2. The third kappa shape index (κ3) is 4.31. The van der Waals surface area contributed by atoms with E-state index in [1.54, 1.807) is 13.8 Å². The molecule has 1 heterocycles. The number of nitrogens with one attached hydrogen (secondary N) is 2. The Bertz CT molecular complexity index is 801. The smallest absolute Gasteiger partial charge is 0.356 e. The maximum atomic E-state index is 12.4. The molecule has 0 spiro atoms. The zero-order chi connectivity index (χ0) is 18.4. The van der Waals surface area contributed by atoms with Gasteiger partial charge in [0.05, 0.1) is 18.1 Å². The number of nitro groups is 1. The summed E-state index contributed by atoms with van der Waals surface area (Å²) in [4.78, 5) is 34.4. The SMILES string of the molecule is CCOC(=O)c1cc(NC(=O)c2cc(OCC)ccc2[N+](=O)[O-])n[nH]1. The zero-order valence-corrected chi connectivity index (χ0v) is 13.6. The van der Waals surface area contributed by atoms with Crippen molar-refractivity contribution in [3.05, 3.63) is 45.6 Å². The molecule has 1 aromatic heterocycles. The molecule has 0 fully saturated rings.